The van der Waals surface area contributed by atoms with Gasteiger partial charge in [-0.1, -0.05) is 6.92 Å². The van der Waals surface area contributed by atoms with Crippen LogP contribution in [0.1, 0.15) is 27.2 Å². The van der Waals surface area contributed by atoms with Crippen molar-refractivity contribution in [2.75, 3.05) is 11.9 Å². The van der Waals surface area contributed by atoms with Gasteiger partial charge in [0, 0.05) is 19.3 Å². The first kappa shape index (κ1) is 14.2. The smallest absolute Gasteiger partial charge is 0.326 e. The second-order valence-corrected chi connectivity index (χ2v) is 4.23. The van der Waals surface area contributed by atoms with Crippen molar-refractivity contribution in [2.24, 2.45) is 0 Å². The number of rotatable bonds is 6. The van der Waals surface area contributed by atoms with Gasteiger partial charge in [-0.3, -0.25) is 0 Å². The standard InChI is InChI=1S/C12H19N3O3/c1-5-9(11(16)17)15(4)12-13-7-6-10(14-12)18-8(2)3/h6-9H,5H2,1-4H3,(H,16,17). The Hall–Kier alpha value is -1.85. The Morgan fingerprint density at radius 3 is 2.72 bits per heavy atom. The van der Waals surface area contributed by atoms with Crippen LogP contribution in [0.25, 0.3) is 0 Å². The predicted octanol–water partition coefficient (Wildman–Crippen LogP) is 1.56. The Morgan fingerprint density at radius 2 is 2.22 bits per heavy atom. The van der Waals surface area contributed by atoms with Crippen LogP contribution in [-0.4, -0.2) is 40.2 Å². The average Bonchev–Trinajstić information content (AvgIpc) is 2.28. The maximum absolute atomic E-state index is 11.1. The lowest BCUT2D eigenvalue weighted by Gasteiger charge is -2.23. The molecule has 1 aromatic heterocycles. The molecule has 6 heteroatoms. The molecule has 0 aliphatic rings. The second kappa shape index (κ2) is 6.18. The summed E-state index contributed by atoms with van der Waals surface area (Å²) in [5.74, 6) is -0.0942. The van der Waals surface area contributed by atoms with E-state index < -0.39 is 12.0 Å². The fraction of sp³-hybridized carbons (Fsp3) is 0.583. The van der Waals surface area contributed by atoms with Crippen molar-refractivity contribution in [1.82, 2.24) is 9.97 Å². The number of likely N-dealkylation sites (N-methyl/N-ethyl adjacent to an activating group) is 1. The molecule has 0 fully saturated rings. The molecular formula is C12H19N3O3. The van der Waals surface area contributed by atoms with E-state index in [0.717, 1.165) is 0 Å². The van der Waals surface area contributed by atoms with Gasteiger partial charge in [-0.2, -0.15) is 4.98 Å². The van der Waals surface area contributed by atoms with Crippen LogP contribution in [0.5, 0.6) is 5.88 Å². The topological polar surface area (TPSA) is 75.5 Å². The maximum atomic E-state index is 11.1. The van der Waals surface area contributed by atoms with Crippen LogP contribution in [0.4, 0.5) is 5.95 Å². The van der Waals surface area contributed by atoms with Gasteiger partial charge in [0.15, 0.2) is 0 Å². The van der Waals surface area contributed by atoms with Crippen LogP contribution < -0.4 is 9.64 Å². The largest absolute Gasteiger partial charge is 0.480 e. The molecular weight excluding hydrogens is 234 g/mol. The third-order valence-corrected chi connectivity index (χ3v) is 2.43. The fourth-order valence-electron chi connectivity index (χ4n) is 1.56. The Labute approximate surface area is 107 Å². The van der Waals surface area contributed by atoms with Crippen LogP contribution in [0.3, 0.4) is 0 Å². The molecule has 1 atom stereocenters. The van der Waals surface area contributed by atoms with E-state index >= 15 is 0 Å². The Morgan fingerprint density at radius 1 is 1.56 bits per heavy atom. The summed E-state index contributed by atoms with van der Waals surface area (Å²) < 4.78 is 5.45. The van der Waals surface area contributed by atoms with E-state index in [1.165, 1.54) is 4.90 Å². The lowest BCUT2D eigenvalue weighted by Crippen LogP contribution is -2.39. The number of ether oxygens (including phenoxy) is 1. The third kappa shape index (κ3) is 3.58. The molecule has 1 unspecified atom stereocenters. The van der Waals surface area contributed by atoms with E-state index in [2.05, 4.69) is 9.97 Å². The zero-order chi connectivity index (χ0) is 13.7. The van der Waals surface area contributed by atoms with E-state index in [0.29, 0.717) is 18.2 Å². The Bertz CT molecular complexity index is 409. The normalized spacial score (nSPS) is 12.3. The van der Waals surface area contributed by atoms with Crippen LogP contribution in [0.15, 0.2) is 12.3 Å². The zero-order valence-electron chi connectivity index (χ0n) is 11.1. The molecule has 0 aromatic carbocycles. The van der Waals surface area contributed by atoms with Gasteiger partial charge in [0.25, 0.3) is 0 Å². The average molecular weight is 253 g/mol. The number of hydrogen-bond donors (Lipinski definition) is 1. The third-order valence-electron chi connectivity index (χ3n) is 2.43. The number of hydrogen-bond acceptors (Lipinski definition) is 5. The second-order valence-electron chi connectivity index (χ2n) is 4.23. The highest BCUT2D eigenvalue weighted by molar-refractivity contribution is 5.77. The summed E-state index contributed by atoms with van der Waals surface area (Å²) in [4.78, 5) is 20.9. The fourth-order valence-corrected chi connectivity index (χ4v) is 1.56. The molecule has 100 valence electrons. The van der Waals surface area contributed by atoms with Crippen molar-refractivity contribution in [2.45, 2.75) is 39.3 Å². The number of carboxylic acids is 1. The molecule has 6 nitrogen and oxygen atoms in total. The summed E-state index contributed by atoms with van der Waals surface area (Å²) in [6, 6.07) is 1.01. The minimum atomic E-state index is -0.890. The SMILES string of the molecule is CCC(C(=O)O)N(C)c1nccc(OC(C)C)n1. The molecule has 1 rings (SSSR count). The van der Waals surface area contributed by atoms with Gasteiger partial charge in [-0.25, -0.2) is 9.78 Å². The summed E-state index contributed by atoms with van der Waals surface area (Å²) in [5.41, 5.74) is 0. The molecule has 1 aromatic rings. The monoisotopic (exact) mass is 253 g/mol. The van der Waals surface area contributed by atoms with Crippen LogP contribution >= 0.6 is 0 Å². The highest BCUT2D eigenvalue weighted by atomic mass is 16.5. The Balaban J connectivity index is 2.91. The van der Waals surface area contributed by atoms with Gasteiger partial charge in [-0.05, 0) is 20.3 Å². The number of aromatic nitrogens is 2. The van der Waals surface area contributed by atoms with Gasteiger partial charge in [0.1, 0.15) is 6.04 Å². The number of carboxylic acid groups (broad SMARTS) is 1. The minimum absolute atomic E-state index is 0.0134. The lowest BCUT2D eigenvalue weighted by molar-refractivity contribution is -0.138. The molecule has 0 aliphatic heterocycles. The molecule has 18 heavy (non-hydrogen) atoms. The highest BCUT2D eigenvalue weighted by Crippen LogP contribution is 2.16. The van der Waals surface area contributed by atoms with Crippen molar-refractivity contribution < 1.29 is 14.6 Å². The van der Waals surface area contributed by atoms with Gasteiger partial charge in [0.05, 0.1) is 6.10 Å². The van der Waals surface area contributed by atoms with Crippen molar-refractivity contribution in [3.63, 3.8) is 0 Å². The van der Waals surface area contributed by atoms with Crippen molar-refractivity contribution in [3.8, 4) is 5.88 Å². The molecule has 1 N–H and O–H groups in total. The number of carbonyl (C=O) groups is 1. The van der Waals surface area contributed by atoms with Crippen molar-refractivity contribution >= 4 is 11.9 Å². The zero-order valence-corrected chi connectivity index (χ0v) is 11.1. The van der Waals surface area contributed by atoms with Gasteiger partial charge in [-0.15, -0.1) is 0 Å². The molecule has 0 radical (unpaired) electrons. The van der Waals surface area contributed by atoms with Crippen molar-refractivity contribution in [1.29, 1.82) is 0 Å². The first-order chi connectivity index (χ1) is 8.45. The molecule has 0 bridgehead atoms. The van der Waals surface area contributed by atoms with E-state index in [-0.39, 0.29) is 6.10 Å². The lowest BCUT2D eigenvalue weighted by atomic mass is 10.2. The first-order valence-corrected chi connectivity index (χ1v) is 5.91. The quantitative estimate of drug-likeness (QED) is 0.829. The van der Waals surface area contributed by atoms with Gasteiger partial charge in [0.2, 0.25) is 11.8 Å². The molecule has 1 heterocycles. The minimum Gasteiger partial charge on any atom is -0.480 e. The molecule has 0 saturated heterocycles. The first-order valence-electron chi connectivity index (χ1n) is 5.91. The predicted molar refractivity (Wildman–Crippen MR) is 67.9 cm³/mol. The van der Waals surface area contributed by atoms with E-state index in [1.807, 2.05) is 20.8 Å². The van der Waals surface area contributed by atoms with Crippen LogP contribution in [0, 0.1) is 0 Å². The summed E-state index contributed by atoms with van der Waals surface area (Å²) in [6.07, 6.45) is 2.05. The van der Waals surface area contributed by atoms with Crippen molar-refractivity contribution in [3.05, 3.63) is 12.3 Å². The summed E-state index contributed by atoms with van der Waals surface area (Å²) in [6.45, 7) is 5.61. The van der Waals surface area contributed by atoms with E-state index in [1.54, 1.807) is 19.3 Å². The molecule has 0 saturated carbocycles. The van der Waals surface area contributed by atoms with E-state index in [4.69, 9.17) is 9.84 Å². The summed E-state index contributed by atoms with van der Waals surface area (Å²) in [7, 11) is 1.66. The van der Waals surface area contributed by atoms with E-state index in [9.17, 15) is 4.79 Å². The molecule has 0 spiro atoms. The van der Waals surface area contributed by atoms with Gasteiger partial charge >= 0.3 is 5.97 Å². The Kier molecular flexibility index (Phi) is 4.88. The molecule has 0 aliphatic carbocycles. The number of nitrogens with zero attached hydrogens (tertiary/aromatic N) is 3. The summed E-state index contributed by atoms with van der Waals surface area (Å²) in [5, 5.41) is 9.09. The highest BCUT2D eigenvalue weighted by Gasteiger charge is 2.22. The van der Waals surface area contributed by atoms with Crippen LogP contribution in [0.2, 0.25) is 0 Å². The number of anilines is 1. The van der Waals surface area contributed by atoms with Crippen LogP contribution in [-0.2, 0) is 4.79 Å². The molecule has 0 amide bonds. The number of aliphatic carboxylic acids is 1. The maximum Gasteiger partial charge on any atom is 0.326 e. The van der Waals surface area contributed by atoms with Gasteiger partial charge < -0.3 is 14.7 Å². The summed E-state index contributed by atoms with van der Waals surface area (Å²) >= 11 is 0.